The highest BCUT2D eigenvalue weighted by Crippen LogP contribution is 2.14. The van der Waals surface area contributed by atoms with Gasteiger partial charge in [-0.2, -0.15) is 0 Å². The van der Waals surface area contributed by atoms with E-state index >= 15 is 0 Å². The molecular formula is C9H20N2. The summed E-state index contributed by atoms with van der Waals surface area (Å²) in [7, 11) is 1.89. The summed E-state index contributed by atoms with van der Waals surface area (Å²) in [4.78, 5) is 0. The highest BCUT2D eigenvalue weighted by atomic mass is 15.0. The Bertz CT molecular complexity index is 126. The molecule has 0 saturated carbocycles. The van der Waals surface area contributed by atoms with Crippen LogP contribution in [0.4, 0.5) is 0 Å². The van der Waals surface area contributed by atoms with Crippen molar-refractivity contribution >= 4 is 0 Å². The molecule has 0 spiro atoms. The summed E-state index contributed by atoms with van der Waals surface area (Å²) in [6, 6.07) is 0. The lowest BCUT2D eigenvalue weighted by Gasteiger charge is -2.29. The van der Waals surface area contributed by atoms with Gasteiger partial charge in [-0.25, -0.2) is 0 Å². The van der Waals surface area contributed by atoms with Crippen LogP contribution in [0.1, 0.15) is 27.7 Å². The zero-order valence-electron chi connectivity index (χ0n) is 8.23. The Hall–Kier alpha value is -0.660. The molecule has 0 heterocycles. The minimum absolute atomic E-state index is 0.174. The van der Waals surface area contributed by atoms with Crippen LogP contribution in [0.3, 0.4) is 0 Å². The molecule has 0 aliphatic rings. The second-order valence-corrected chi connectivity index (χ2v) is 3.64. The van der Waals surface area contributed by atoms with Crippen molar-refractivity contribution in [2.24, 2.45) is 5.92 Å². The zero-order valence-corrected chi connectivity index (χ0v) is 8.23. The molecule has 0 aliphatic heterocycles. The van der Waals surface area contributed by atoms with E-state index in [-0.39, 0.29) is 5.54 Å². The van der Waals surface area contributed by atoms with Gasteiger partial charge in [0, 0.05) is 25.0 Å². The average Bonchev–Trinajstić information content (AvgIpc) is 1.88. The molecule has 2 heteroatoms. The van der Waals surface area contributed by atoms with Crippen LogP contribution in [0.25, 0.3) is 0 Å². The van der Waals surface area contributed by atoms with E-state index in [4.69, 9.17) is 0 Å². The second kappa shape index (κ2) is 4.27. The fraction of sp³-hybridized carbons (Fsp3) is 0.778. The lowest BCUT2D eigenvalue weighted by Crippen LogP contribution is -2.40. The van der Waals surface area contributed by atoms with Crippen molar-refractivity contribution in [2.45, 2.75) is 33.2 Å². The van der Waals surface area contributed by atoms with E-state index in [1.807, 2.05) is 19.4 Å². The van der Waals surface area contributed by atoms with Crippen LogP contribution >= 0.6 is 0 Å². The van der Waals surface area contributed by atoms with Crippen LogP contribution in [0.2, 0.25) is 0 Å². The Morgan fingerprint density at radius 3 is 2.09 bits per heavy atom. The molecule has 0 atom stereocenters. The second-order valence-electron chi connectivity index (χ2n) is 3.64. The Kier molecular flexibility index (Phi) is 4.01. The van der Waals surface area contributed by atoms with Crippen molar-refractivity contribution in [3.8, 4) is 0 Å². The molecule has 0 aliphatic carbocycles. The lowest BCUT2D eigenvalue weighted by atomic mass is 9.91. The normalized spacial score (nSPS) is 12.5. The Morgan fingerprint density at radius 1 is 1.18 bits per heavy atom. The molecule has 0 amide bonds. The molecule has 0 aromatic carbocycles. The van der Waals surface area contributed by atoms with E-state index < -0.39 is 0 Å². The molecule has 0 radical (unpaired) electrons. The van der Waals surface area contributed by atoms with Crippen molar-refractivity contribution in [3.05, 3.63) is 12.4 Å². The summed E-state index contributed by atoms with van der Waals surface area (Å²) < 4.78 is 0. The van der Waals surface area contributed by atoms with Crippen molar-refractivity contribution in [1.29, 1.82) is 0 Å². The lowest BCUT2D eigenvalue weighted by molar-refractivity contribution is 0.322. The molecule has 0 bridgehead atoms. The summed E-state index contributed by atoms with van der Waals surface area (Å²) in [5.74, 6) is 0.629. The van der Waals surface area contributed by atoms with Gasteiger partial charge in [-0.3, -0.25) is 0 Å². The fourth-order valence-electron chi connectivity index (χ4n) is 0.506. The zero-order chi connectivity index (χ0) is 8.91. The predicted octanol–water partition coefficient (Wildman–Crippen LogP) is 1.70. The van der Waals surface area contributed by atoms with Crippen LogP contribution < -0.4 is 10.6 Å². The van der Waals surface area contributed by atoms with Gasteiger partial charge in [0.05, 0.1) is 0 Å². The summed E-state index contributed by atoms with van der Waals surface area (Å²) in [6.45, 7) is 8.80. The first-order chi connectivity index (χ1) is 5.00. The third-order valence-electron chi connectivity index (χ3n) is 2.15. The van der Waals surface area contributed by atoms with Crippen LogP contribution in [0.15, 0.2) is 12.4 Å². The molecule has 66 valence electrons. The first-order valence-electron chi connectivity index (χ1n) is 4.10. The molecule has 2 N–H and O–H groups in total. The summed E-state index contributed by atoms with van der Waals surface area (Å²) in [5, 5.41) is 6.25. The fourth-order valence-corrected chi connectivity index (χ4v) is 0.506. The number of nitrogens with one attached hydrogen (secondary N) is 2. The van der Waals surface area contributed by atoms with E-state index in [2.05, 4.69) is 38.3 Å². The van der Waals surface area contributed by atoms with Gasteiger partial charge in [0.25, 0.3) is 0 Å². The van der Waals surface area contributed by atoms with Gasteiger partial charge in [0.2, 0.25) is 0 Å². The van der Waals surface area contributed by atoms with Gasteiger partial charge < -0.3 is 10.6 Å². The van der Waals surface area contributed by atoms with Gasteiger partial charge in [0.1, 0.15) is 0 Å². The monoisotopic (exact) mass is 156 g/mol. The SMILES string of the molecule is CN/C=C/NC(C)(C)C(C)C. The van der Waals surface area contributed by atoms with Crippen molar-refractivity contribution in [2.75, 3.05) is 7.05 Å². The van der Waals surface area contributed by atoms with Gasteiger partial charge in [-0.05, 0) is 19.8 Å². The molecule has 0 aromatic heterocycles. The number of hydrogen-bond acceptors (Lipinski definition) is 2. The summed E-state index contributed by atoms with van der Waals surface area (Å²) in [6.07, 6.45) is 3.84. The average molecular weight is 156 g/mol. The third-order valence-corrected chi connectivity index (χ3v) is 2.15. The first-order valence-corrected chi connectivity index (χ1v) is 4.10. The van der Waals surface area contributed by atoms with Gasteiger partial charge in [-0.15, -0.1) is 0 Å². The van der Waals surface area contributed by atoms with Gasteiger partial charge in [0.15, 0.2) is 0 Å². The summed E-state index contributed by atoms with van der Waals surface area (Å²) in [5.41, 5.74) is 0.174. The molecular weight excluding hydrogens is 136 g/mol. The minimum Gasteiger partial charge on any atom is -0.393 e. The highest BCUT2D eigenvalue weighted by Gasteiger charge is 2.19. The topological polar surface area (TPSA) is 24.1 Å². The molecule has 11 heavy (non-hydrogen) atoms. The Morgan fingerprint density at radius 2 is 1.73 bits per heavy atom. The van der Waals surface area contributed by atoms with E-state index in [1.165, 1.54) is 0 Å². The number of rotatable bonds is 4. The van der Waals surface area contributed by atoms with E-state index in [0.29, 0.717) is 5.92 Å². The molecule has 0 rings (SSSR count). The highest BCUT2D eigenvalue weighted by molar-refractivity contribution is 4.88. The van der Waals surface area contributed by atoms with Crippen molar-refractivity contribution in [1.82, 2.24) is 10.6 Å². The van der Waals surface area contributed by atoms with Crippen LogP contribution in [0, 0.1) is 5.92 Å². The smallest absolute Gasteiger partial charge is 0.0335 e. The van der Waals surface area contributed by atoms with Crippen LogP contribution in [0.5, 0.6) is 0 Å². The molecule has 0 unspecified atom stereocenters. The quantitative estimate of drug-likeness (QED) is 0.647. The third kappa shape index (κ3) is 3.91. The largest absolute Gasteiger partial charge is 0.393 e. The minimum atomic E-state index is 0.174. The van der Waals surface area contributed by atoms with Crippen molar-refractivity contribution < 1.29 is 0 Å². The summed E-state index contributed by atoms with van der Waals surface area (Å²) >= 11 is 0. The maximum absolute atomic E-state index is 3.32. The van der Waals surface area contributed by atoms with Crippen molar-refractivity contribution in [3.63, 3.8) is 0 Å². The maximum Gasteiger partial charge on any atom is 0.0335 e. The number of hydrogen-bond donors (Lipinski definition) is 2. The van der Waals surface area contributed by atoms with Crippen LogP contribution in [-0.4, -0.2) is 12.6 Å². The van der Waals surface area contributed by atoms with E-state index in [9.17, 15) is 0 Å². The Labute approximate surface area is 70.1 Å². The molecule has 0 saturated heterocycles. The predicted molar refractivity (Wildman–Crippen MR) is 50.3 cm³/mol. The Balaban J connectivity index is 3.82. The molecule has 0 aromatic rings. The standard InChI is InChI=1S/C9H20N2/c1-8(2)9(3,4)11-7-6-10-5/h6-8,10-11H,1-5H3/b7-6+. The van der Waals surface area contributed by atoms with Gasteiger partial charge in [-0.1, -0.05) is 13.8 Å². The van der Waals surface area contributed by atoms with E-state index in [0.717, 1.165) is 0 Å². The maximum atomic E-state index is 3.32. The van der Waals surface area contributed by atoms with Crippen LogP contribution in [-0.2, 0) is 0 Å². The van der Waals surface area contributed by atoms with E-state index in [1.54, 1.807) is 0 Å². The molecule has 0 fully saturated rings. The molecule has 2 nitrogen and oxygen atoms in total. The van der Waals surface area contributed by atoms with Gasteiger partial charge >= 0.3 is 0 Å². The first kappa shape index (κ1) is 10.3.